The van der Waals surface area contributed by atoms with Gasteiger partial charge in [0.25, 0.3) is 5.91 Å². The first-order chi connectivity index (χ1) is 8.63. The molecule has 0 saturated carbocycles. The minimum absolute atomic E-state index is 0.172. The summed E-state index contributed by atoms with van der Waals surface area (Å²) in [5.74, 6) is -0.623. The topological polar surface area (TPSA) is 29.5 Å². The van der Waals surface area contributed by atoms with Crippen LogP contribution >= 0.6 is 0 Å². The molecule has 0 bridgehead atoms. The van der Waals surface area contributed by atoms with Crippen LogP contribution in [0.5, 0.6) is 0 Å². The van der Waals surface area contributed by atoms with Crippen molar-refractivity contribution in [1.29, 1.82) is 0 Å². The number of rotatable bonds is 2. The average molecular weight is 251 g/mol. The van der Waals surface area contributed by atoms with E-state index in [9.17, 15) is 9.18 Å². The van der Waals surface area contributed by atoms with Crippen LogP contribution in [0.15, 0.2) is 18.2 Å². The van der Waals surface area contributed by atoms with Crippen molar-refractivity contribution in [1.82, 2.24) is 4.90 Å². The first-order valence-corrected chi connectivity index (χ1v) is 6.20. The Morgan fingerprint density at radius 1 is 1.39 bits per heavy atom. The molecule has 1 saturated heterocycles. The summed E-state index contributed by atoms with van der Waals surface area (Å²) in [7, 11) is 1.68. The first-order valence-electron chi connectivity index (χ1n) is 6.20. The maximum Gasteiger partial charge on any atom is 0.256 e. The molecule has 2 rings (SSSR count). The number of likely N-dealkylation sites (tertiary alicyclic amines) is 1. The normalized spacial score (nSPS) is 16.9. The van der Waals surface area contributed by atoms with Crippen LogP contribution in [0.3, 0.4) is 0 Å². The van der Waals surface area contributed by atoms with Gasteiger partial charge in [-0.15, -0.1) is 0 Å². The molecule has 0 spiro atoms. The Labute approximate surface area is 107 Å². The maximum atomic E-state index is 13.9. The largest absolute Gasteiger partial charge is 0.381 e. The van der Waals surface area contributed by atoms with E-state index in [1.165, 1.54) is 0 Å². The predicted octanol–water partition coefficient (Wildman–Crippen LogP) is 2.39. The van der Waals surface area contributed by atoms with Gasteiger partial charge in [0.2, 0.25) is 0 Å². The number of carbonyl (C=O) groups is 1. The number of methoxy groups -OCH3 is 1. The van der Waals surface area contributed by atoms with Gasteiger partial charge < -0.3 is 9.64 Å². The molecule has 1 fully saturated rings. The smallest absolute Gasteiger partial charge is 0.256 e. The third-order valence-corrected chi connectivity index (χ3v) is 3.48. The minimum Gasteiger partial charge on any atom is -0.381 e. The second-order valence-corrected chi connectivity index (χ2v) is 4.66. The summed E-state index contributed by atoms with van der Waals surface area (Å²) in [4.78, 5) is 13.9. The van der Waals surface area contributed by atoms with Gasteiger partial charge >= 0.3 is 0 Å². The zero-order valence-electron chi connectivity index (χ0n) is 10.8. The molecule has 18 heavy (non-hydrogen) atoms. The lowest BCUT2D eigenvalue weighted by atomic mass is 10.0. The van der Waals surface area contributed by atoms with E-state index in [0.717, 1.165) is 12.8 Å². The third kappa shape index (κ3) is 2.53. The summed E-state index contributed by atoms with van der Waals surface area (Å²) >= 11 is 0. The number of halogens is 1. The van der Waals surface area contributed by atoms with E-state index in [1.807, 2.05) is 0 Å². The first kappa shape index (κ1) is 13.0. The monoisotopic (exact) mass is 251 g/mol. The van der Waals surface area contributed by atoms with Crippen LogP contribution in [-0.2, 0) is 4.74 Å². The van der Waals surface area contributed by atoms with E-state index < -0.39 is 5.82 Å². The molecule has 0 unspecified atom stereocenters. The Kier molecular flexibility index (Phi) is 3.97. The predicted molar refractivity (Wildman–Crippen MR) is 67.1 cm³/mol. The molecule has 1 aromatic carbocycles. The van der Waals surface area contributed by atoms with Crippen LogP contribution in [0.1, 0.15) is 28.8 Å². The van der Waals surface area contributed by atoms with Crippen LogP contribution in [0.4, 0.5) is 4.39 Å². The Bertz CT molecular complexity index is 439. The van der Waals surface area contributed by atoms with Crippen LogP contribution in [0.2, 0.25) is 0 Å². The van der Waals surface area contributed by atoms with Gasteiger partial charge in [-0.2, -0.15) is 0 Å². The van der Waals surface area contributed by atoms with Crippen molar-refractivity contribution in [3.63, 3.8) is 0 Å². The van der Waals surface area contributed by atoms with Crippen molar-refractivity contribution in [3.05, 3.63) is 35.1 Å². The average Bonchev–Trinajstić information content (AvgIpc) is 2.41. The molecule has 0 atom stereocenters. The third-order valence-electron chi connectivity index (χ3n) is 3.48. The Morgan fingerprint density at radius 2 is 2.06 bits per heavy atom. The molecule has 0 N–H and O–H groups in total. The second-order valence-electron chi connectivity index (χ2n) is 4.66. The summed E-state index contributed by atoms with van der Waals surface area (Å²) in [5.41, 5.74) is 0.679. The van der Waals surface area contributed by atoms with Gasteiger partial charge in [-0.05, 0) is 31.4 Å². The molecular formula is C14H18FNO2. The molecule has 1 aliphatic rings. The van der Waals surface area contributed by atoms with E-state index in [4.69, 9.17) is 4.74 Å². The Morgan fingerprint density at radius 3 is 2.67 bits per heavy atom. The quantitative estimate of drug-likeness (QED) is 0.807. The fourth-order valence-corrected chi connectivity index (χ4v) is 2.28. The number of hydrogen-bond acceptors (Lipinski definition) is 2. The van der Waals surface area contributed by atoms with Crippen molar-refractivity contribution < 1.29 is 13.9 Å². The highest BCUT2D eigenvalue weighted by atomic mass is 19.1. The molecule has 0 aliphatic carbocycles. The van der Waals surface area contributed by atoms with Gasteiger partial charge in [-0.1, -0.05) is 12.1 Å². The summed E-state index contributed by atoms with van der Waals surface area (Å²) in [6.45, 7) is 2.93. The van der Waals surface area contributed by atoms with E-state index in [2.05, 4.69) is 0 Å². The van der Waals surface area contributed by atoms with Gasteiger partial charge in [-0.25, -0.2) is 4.39 Å². The number of carbonyl (C=O) groups excluding carboxylic acids is 1. The molecule has 1 aliphatic heterocycles. The van der Waals surface area contributed by atoms with E-state index in [0.29, 0.717) is 18.7 Å². The lowest BCUT2D eigenvalue weighted by Gasteiger charge is -2.31. The lowest BCUT2D eigenvalue weighted by Crippen LogP contribution is -2.41. The highest BCUT2D eigenvalue weighted by Crippen LogP contribution is 2.18. The zero-order valence-corrected chi connectivity index (χ0v) is 10.8. The molecule has 3 nitrogen and oxygen atoms in total. The molecule has 4 heteroatoms. The fraction of sp³-hybridized carbons (Fsp3) is 0.500. The van der Waals surface area contributed by atoms with Gasteiger partial charge in [-0.3, -0.25) is 4.79 Å². The molecular weight excluding hydrogens is 233 g/mol. The molecule has 1 aromatic rings. The zero-order chi connectivity index (χ0) is 13.1. The summed E-state index contributed by atoms with van der Waals surface area (Å²) in [6, 6.07) is 4.93. The Hall–Kier alpha value is -1.42. The summed E-state index contributed by atoms with van der Waals surface area (Å²) in [5, 5.41) is 0. The number of aryl methyl sites for hydroxylation is 1. The minimum atomic E-state index is -0.406. The van der Waals surface area contributed by atoms with Crippen LogP contribution < -0.4 is 0 Å². The number of piperidine rings is 1. The molecule has 0 aromatic heterocycles. The van der Waals surface area contributed by atoms with Crippen LogP contribution in [0, 0.1) is 12.7 Å². The van der Waals surface area contributed by atoms with E-state index >= 15 is 0 Å². The number of ether oxygens (including phenoxy) is 1. The van der Waals surface area contributed by atoms with Gasteiger partial charge in [0.15, 0.2) is 0 Å². The van der Waals surface area contributed by atoms with Crippen LogP contribution in [0.25, 0.3) is 0 Å². The van der Waals surface area contributed by atoms with Crippen molar-refractivity contribution in [2.45, 2.75) is 25.9 Å². The Balaban J connectivity index is 2.10. The fourth-order valence-electron chi connectivity index (χ4n) is 2.28. The number of nitrogens with zero attached hydrogens (tertiary/aromatic N) is 1. The summed E-state index contributed by atoms with van der Waals surface area (Å²) < 4.78 is 19.1. The van der Waals surface area contributed by atoms with Gasteiger partial charge in [0, 0.05) is 20.2 Å². The van der Waals surface area contributed by atoms with Crippen LogP contribution in [-0.4, -0.2) is 37.1 Å². The van der Waals surface area contributed by atoms with Crippen molar-refractivity contribution in [2.24, 2.45) is 0 Å². The van der Waals surface area contributed by atoms with Gasteiger partial charge in [0.05, 0.1) is 11.7 Å². The highest BCUT2D eigenvalue weighted by molar-refractivity contribution is 5.94. The second kappa shape index (κ2) is 5.48. The highest BCUT2D eigenvalue weighted by Gasteiger charge is 2.25. The number of hydrogen-bond donors (Lipinski definition) is 0. The maximum absolute atomic E-state index is 13.9. The SMILES string of the molecule is COC1CCN(C(=O)c2cccc(C)c2F)CC1. The van der Waals surface area contributed by atoms with E-state index in [-0.39, 0.29) is 17.6 Å². The van der Waals surface area contributed by atoms with Crippen molar-refractivity contribution >= 4 is 5.91 Å². The van der Waals surface area contributed by atoms with Crippen molar-refractivity contribution in [3.8, 4) is 0 Å². The molecule has 98 valence electrons. The lowest BCUT2D eigenvalue weighted by molar-refractivity contribution is 0.0348. The molecule has 1 amide bonds. The van der Waals surface area contributed by atoms with Crippen molar-refractivity contribution in [2.75, 3.05) is 20.2 Å². The number of benzene rings is 1. The van der Waals surface area contributed by atoms with E-state index in [1.54, 1.807) is 37.1 Å². The van der Waals surface area contributed by atoms with Gasteiger partial charge in [0.1, 0.15) is 5.82 Å². The molecule has 0 radical (unpaired) electrons. The summed E-state index contributed by atoms with van der Waals surface area (Å²) in [6.07, 6.45) is 1.85. The number of amides is 1. The standard InChI is InChI=1S/C14H18FNO2/c1-10-4-3-5-12(13(10)15)14(17)16-8-6-11(18-2)7-9-16/h3-5,11H,6-9H2,1-2H3. The molecule has 1 heterocycles.